The number of carbonyl (C=O) groups excluding carboxylic acids is 1. The molecule has 0 aliphatic heterocycles. The maximum atomic E-state index is 11.3. The van der Waals surface area contributed by atoms with Gasteiger partial charge in [-0.2, -0.15) is 0 Å². The molecule has 0 bridgehead atoms. The smallest absolute Gasteiger partial charge is 0.333 e. The van der Waals surface area contributed by atoms with Crippen LogP contribution in [0.25, 0.3) is 0 Å². The van der Waals surface area contributed by atoms with Crippen LogP contribution >= 0.6 is 11.8 Å². The van der Waals surface area contributed by atoms with E-state index in [1.165, 1.54) is 13.8 Å². The van der Waals surface area contributed by atoms with Crippen LogP contribution in [0.5, 0.6) is 0 Å². The number of thioether (sulfide) groups is 1. The van der Waals surface area contributed by atoms with E-state index >= 15 is 0 Å². The van der Waals surface area contributed by atoms with Crippen molar-refractivity contribution in [1.82, 2.24) is 5.32 Å². The van der Waals surface area contributed by atoms with Crippen LogP contribution in [-0.2, 0) is 15.1 Å². The van der Waals surface area contributed by atoms with Gasteiger partial charge in [0.25, 0.3) is 0 Å². The Balaban J connectivity index is 3.13. The molecule has 2 N–H and O–H groups in total. The van der Waals surface area contributed by atoms with E-state index in [1.54, 1.807) is 23.9 Å². The Bertz CT molecular complexity index is 430. The second kappa shape index (κ2) is 5.23. The standard InChI is InChI=1S/C12H15NO3S/c1-8(14)13-12(2,11(15)16)9-4-6-10(17-3)7-5-9/h4-7H,1-3H3,(H,13,14)(H,15,16). The minimum atomic E-state index is -1.39. The average Bonchev–Trinajstić information content (AvgIpc) is 2.28. The van der Waals surface area contributed by atoms with Crippen LogP contribution in [0.3, 0.4) is 0 Å². The molecule has 0 aliphatic carbocycles. The zero-order chi connectivity index (χ0) is 13.1. The number of carboxylic acids is 1. The van der Waals surface area contributed by atoms with Gasteiger partial charge in [0.05, 0.1) is 0 Å². The molecule has 0 aliphatic rings. The van der Waals surface area contributed by atoms with Crippen LogP contribution in [0, 0.1) is 0 Å². The van der Waals surface area contributed by atoms with Crippen LogP contribution in [0.4, 0.5) is 0 Å². The molecule has 1 aromatic carbocycles. The Kier molecular flexibility index (Phi) is 4.17. The van der Waals surface area contributed by atoms with Crippen LogP contribution in [0.15, 0.2) is 29.2 Å². The van der Waals surface area contributed by atoms with E-state index in [0.717, 1.165) is 4.90 Å². The third-order valence-corrected chi connectivity index (χ3v) is 3.26. The van der Waals surface area contributed by atoms with Gasteiger partial charge in [0.1, 0.15) is 0 Å². The molecule has 0 spiro atoms. The first-order valence-corrected chi connectivity index (χ1v) is 6.29. The van der Waals surface area contributed by atoms with Gasteiger partial charge in [-0.1, -0.05) is 12.1 Å². The molecule has 0 heterocycles. The zero-order valence-corrected chi connectivity index (χ0v) is 10.8. The summed E-state index contributed by atoms with van der Waals surface area (Å²) in [7, 11) is 0. The number of benzene rings is 1. The van der Waals surface area contributed by atoms with Gasteiger partial charge in [-0.05, 0) is 30.9 Å². The summed E-state index contributed by atoms with van der Waals surface area (Å²) in [5.74, 6) is -1.45. The number of aliphatic carboxylic acids is 1. The molecule has 17 heavy (non-hydrogen) atoms. The van der Waals surface area contributed by atoms with Crippen molar-refractivity contribution in [3.05, 3.63) is 29.8 Å². The highest BCUT2D eigenvalue weighted by Gasteiger charge is 2.35. The van der Waals surface area contributed by atoms with Gasteiger partial charge in [0.15, 0.2) is 5.54 Å². The van der Waals surface area contributed by atoms with Crippen molar-refractivity contribution < 1.29 is 14.7 Å². The number of hydrogen-bond acceptors (Lipinski definition) is 3. The Morgan fingerprint density at radius 3 is 2.18 bits per heavy atom. The van der Waals surface area contributed by atoms with Crippen LogP contribution in [0.2, 0.25) is 0 Å². The lowest BCUT2D eigenvalue weighted by Crippen LogP contribution is -2.48. The molecule has 1 rings (SSSR count). The predicted octanol–water partition coefficient (Wildman–Crippen LogP) is 1.84. The van der Waals surface area contributed by atoms with Gasteiger partial charge >= 0.3 is 5.97 Å². The Morgan fingerprint density at radius 1 is 1.29 bits per heavy atom. The van der Waals surface area contributed by atoms with Gasteiger partial charge in [-0.15, -0.1) is 11.8 Å². The molecule has 0 fully saturated rings. The summed E-state index contributed by atoms with van der Waals surface area (Å²) in [6.07, 6.45) is 1.94. The first kappa shape index (κ1) is 13.6. The molecule has 0 saturated heterocycles. The largest absolute Gasteiger partial charge is 0.479 e. The molecule has 1 atom stereocenters. The van der Waals surface area contributed by atoms with E-state index in [0.29, 0.717) is 5.56 Å². The van der Waals surface area contributed by atoms with Gasteiger partial charge in [0.2, 0.25) is 5.91 Å². The highest BCUT2D eigenvalue weighted by molar-refractivity contribution is 7.98. The number of carbonyl (C=O) groups is 2. The normalized spacial score (nSPS) is 13.8. The van der Waals surface area contributed by atoms with E-state index in [4.69, 9.17) is 0 Å². The number of rotatable bonds is 4. The summed E-state index contributed by atoms with van der Waals surface area (Å²) in [5.41, 5.74) is -0.832. The lowest BCUT2D eigenvalue weighted by molar-refractivity contribution is -0.147. The lowest BCUT2D eigenvalue weighted by Gasteiger charge is -2.26. The van der Waals surface area contributed by atoms with Gasteiger partial charge in [-0.25, -0.2) is 4.79 Å². The molecule has 5 heteroatoms. The minimum absolute atomic E-state index is 0.371. The quantitative estimate of drug-likeness (QED) is 0.804. The summed E-state index contributed by atoms with van der Waals surface area (Å²) < 4.78 is 0. The molecular formula is C12H15NO3S. The van der Waals surface area contributed by atoms with Crippen LogP contribution in [-0.4, -0.2) is 23.2 Å². The Labute approximate surface area is 104 Å². The van der Waals surface area contributed by atoms with Gasteiger partial charge in [-0.3, -0.25) is 4.79 Å². The fraction of sp³-hybridized carbons (Fsp3) is 0.333. The highest BCUT2D eigenvalue weighted by Crippen LogP contribution is 2.24. The topological polar surface area (TPSA) is 66.4 Å². The van der Waals surface area contributed by atoms with Crippen molar-refractivity contribution in [2.45, 2.75) is 24.3 Å². The maximum Gasteiger partial charge on any atom is 0.333 e. The van der Waals surface area contributed by atoms with Crippen molar-refractivity contribution in [3.8, 4) is 0 Å². The number of hydrogen-bond donors (Lipinski definition) is 2. The van der Waals surface area contributed by atoms with E-state index < -0.39 is 11.5 Å². The molecule has 0 radical (unpaired) electrons. The molecular weight excluding hydrogens is 238 g/mol. The monoisotopic (exact) mass is 253 g/mol. The molecule has 0 saturated carbocycles. The molecule has 1 amide bonds. The number of nitrogens with one attached hydrogen (secondary N) is 1. The van der Waals surface area contributed by atoms with E-state index in [9.17, 15) is 14.7 Å². The average molecular weight is 253 g/mol. The molecule has 1 aromatic rings. The first-order chi connectivity index (χ1) is 7.90. The third-order valence-electron chi connectivity index (χ3n) is 2.52. The highest BCUT2D eigenvalue weighted by atomic mass is 32.2. The summed E-state index contributed by atoms with van der Waals surface area (Å²) >= 11 is 1.58. The predicted molar refractivity (Wildman–Crippen MR) is 67.0 cm³/mol. The van der Waals surface area contributed by atoms with Crippen molar-refractivity contribution in [2.24, 2.45) is 0 Å². The minimum Gasteiger partial charge on any atom is -0.479 e. The molecule has 1 unspecified atom stereocenters. The van der Waals surface area contributed by atoms with Gasteiger partial charge < -0.3 is 10.4 Å². The SMILES string of the molecule is CSc1ccc(C(C)(NC(C)=O)C(=O)O)cc1. The van der Waals surface area contributed by atoms with Crippen molar-refractivity contribution >= 4 is 23.6 Å². The first-order valence-electron chi connectivity index (χ1n) is 5.07. The lowest BCUT2D eigenvalue weighted by atomic mass is 9.92. The van der Waals surface area contributed by atoms with Crippen molar-refractivity contribution in [3.63, 3.8) is 0 Å². The maximum absolute atomic E-state index is 11.3. The zero-order valence-electron chi connectivity index (χ0n) is 9.98. The summed E-state index contributed by atoms with van der Waals surface area (Å²) in [4.78, 5) is 23.4. The number of amides is 1. The third kappa shape index (κ3) is 3.00. The Morgan fingerprint density at radius 2 is 1.82 bits per heavy atom. The van der Waals surface area contributed by atoms with E-state index in [-0.39, 0.29) is 5.91 Å². The van der Waals surface area contributed by atoms with Crippen molar-refractivity contribution in [2.75, 3.05) is 6.26 Å². The second-order valence-corrected chi connectivity index (χ2v) is 4.72. The van der Waals surface area contributed by atoms with Crippen molar-refractivity contribution in [1.29, 1.82) is 0 Å². The summed E-state index contributed by atoms with van der Waals surface area (Å²) in [6.45, 7) is 2.78. The molecule has 92 valence electrons. The van der Waals surface area contributed by atoms with E-state index in [1.807, 2.05) is 18.4 Å². The fourth-order valence-electron chi connectivity index (χ4n) is 1.53. The second-order valence-electron chi connectivity index (χ2n) is 3.84. The van der Waals surface area contributed by atoms with Crippen LogP contribution in [0.1, 0.15) is 19.4 Å². The summed E-state index contributed by atoms with van der Waals surface area (Å²) in [6, 6.07) is 7.11. The molecule has 0 aromatic heterocycles. The molecule has 4 nitrogen and oxygen atoms in total. The Hall–Kier alpha value is -1.49. The van der Waals surface area contributed by atoms with E-state index in [2.05, 4.69) is 5.32 Å². The van der Waals surface area contributed by atoms with Crippen LogP contribution < -0.4 is 5.32 Å². The summed E-state index contributed by atoms with van der Waals surface area (Å²) in [5, 5.41) is 11.7. The van der Waals surface area contributed by atoms with Gasteiger partial charge in [0, 0.05) is 11.8 Å². The number of carboxylic acid groups (broad SMARTS) is 1. The fourth-order valence-corrected chi connectivity index (χ4v) is 1.93.